The topological polar surface area (TPSA) is 75.9 Å². The number of pyridine rings is 1. The molecule has 1 saturated heterocycles. The van der Waals surface area contributed by atoms with Gasteiger partial charge in [0.2, 0.25) is 11.7 Å². The fraction of sp³-hybridized carbons (Fsp3) is 0.312. The molecule has 2 N–H and O–H groups in total. The molecule has 0 radical (unpaired) electrons. The first kappa shape index (κ1) is 13.2. The molecule has 1 aromatic carbocycles. The number of nitrogens with one attached hydrogen (secondary N) is 2. The van der Waals surface area contributed by atoms with E-state index in [0.29, 0.717) is 17.8 Å². The number of hydrogen-bond donors (Lipinski definition) is 2. The molecule has 1 fully saturated rings. The van der Waals surface area contributed by atoms with Crippen molar-refractivity contribution in [3.05, 3.63) is 36.4 Å². The van der Waals surface area contributed by atoms with Crippen LogP contribution in [0.4, 0.5) is 5.82 Å². The largest absolute Gasteiger partial charge is 0.365 e. The zero-order chi connectivity index (χ0) is 14.9. The Morgan fingerprint density at radius 3 is 3.05 bits per heavy atom. The van der Waals surface area contributed by atoms with Crippen LogP contribution in [-0.2, 0) is 0 Å². The third kappa shape index (κ3) is 2.42. The minimum absolute atomic E-state index is 0.425. The Morgan fingerprint density at radius 1 is 1.32 bits per heavy atom. The van der Waals surface area contributed by atoms with Crippen LogP contribution in [0.25, 0.3) is 22.2 Å². The Hall–Kier alpha value is -2.47. The fourth-order valence-electron chi connectivity index (χ4n) is 2.81. The molecule has 6 nitrogen and oxygen atoms in total. The second-order valence-electron chi connectivity index (χ2n) is 5.57. The molecule has 112 valence electrons. The van der Waals surface area contributed by atoms with Gasteiger partial charge in [-0.15, -0.1) is 0 Å². The van der Waals surface area contributed by atoms with Crippen molar-refractivity contribution in [1.82, 2.24) is 20.4 Å². The lowest BCUT2D eigenvalue weighted by molar-refractivity contribution is 0.394. The average Bonchev–Trinajstić information content (AvgIpc) is 3.19. The van der Waals surface area contributed by atoms with E-state index < -0.39 is 0 Å². The number of benzene rings is 1. The Bertz CT molecular complexity index is 807. The minimum Gasteiger partial charge on any atom is -0.365 e. The molecule has 0 aliphatic carbocycles. The number of aryl methyl sites for hydroxylation is 1. The molecule has 1 aliphatic heterocycles. The normalized spacial score (nSPS) is 18.0. The maximum absolute atomic E-state index is 5.07. The van der Waals surface area contributed by atoms with Gasteiger partial charge in [0.1, 0.15) is 5.82 Å². The molecular weight excluding hydrogens is 278 g/mol. The van der Waals surface area contributed by atoms with Crippen molar-refractivity contribution >= 4 is 16.6 Å². The lowest BCUT2D eigenvalue weighted by Crippen LogP contribution is -2.22. The highest BCUT2D eigenvalue weighted by Gasteiger charge is 2.16. The van der Waals surface area contributed by atoms with Crippen molar-refractivity contribution in [3.63, 3.8) is 0 Å². The summed E-state index contributed by atoms with van der Waals surface area (Å²) in [5.41, 5.74) is 0.935. The van der Waals surface area contributed by atoms with E-state index in [-0.39, 0.29) is 0 Å². The zero-order valence-corrected chi connectivity index (χ0v) is 12.3. The molecule has 0 saturated carbocycles. The van der Waals surface area contributed by atoms with E-state index in [0.717, 1.165) is 41.7 Å². The molecule has 3 aromatic rings. The monoisotopic (exact) mass is 295 g/mol. The van der Waals surface area contributed by atoms with Gasteiger partial charge in [0.05, 0.1) is 0 Å². The van der Waals surface area contributed by atoms with E-state index >= 15 is 0 Å². The first-order valence-corrected chi connectivity index (χ1v) is 7.46. The smallest absolute Gasteiger partial charge is 0.223 e. The van der Waals surface area contributed by atoms with Crippen molar-refractivity contribution in [2.75, 3.05) is 18.4 Å². The molecule has 0 spiro atoms. The molecule has 4 rings (SSSR count). The highest BCUT2D eigenvalue weighted by atomic mass is 16.5. The van der Waals surface area contributed by atoms with E-state index in [1.165, 1.54) is 0 Å². The van der Waals surface area contributed by atoms with Gasteiger partial charge in [-0.3, -0.25) is 0 Å². The standard InChI is InChI=1S/C16H17N5O/c1-10-19-15(21-22-10)12-3-2-11-4-7-18-16(14(11)8-12)20-13-5-6-17-9-13/h2-4,7-8,13,17H,5-6,9H2,1H3,(H,18,20)/t13-/m0/s1. The predicted octanol–water partition coefficient (Wildman–Crippen LogP) is 2.37. The third-order valence-corrected chi connectivity index (χ3v) is 3.95. The molecule has 0 amide bonds. The van der Waals surface area contributed by atoms with E-state index in [4.69, 9.17) is 4.52 Å². The van der Waals surface area contributed by atoms with Gasteiger partial charge in [-0.1, -0.05) is 17.3 Å². The molecule has 2 aromatic heterocycles. The number of hydrogen-bond acceptors (Lipinski definition) is 6. The zero-order valence-electron chi connectivity index (χ0n) is 12.3. The summed E-state index contributed by atoms with van der Waals surface area (Å²) in [6.07, 6.45) is 2.95. The van der Waals surface area contributed by atoms with Crippen LogP contribution in [0, 0.1) is 6.92 Å². The van der Waals surface area contributed by atoms with Gasteiger partial charge < -0.3 is 15.2 Å². The summed E-state index contributed by atoms with van der Waals surface area (Å²) in [5, 5.41) is 13.1. The molecule has 6 heteroatoms. The molecule has 1 atom stereocenters. The number of anilines is 1. The number of nitrogens with zero attached hydrogens (tertiary/aromatic N) is 3. The summed E-state index contributed by atoms with van der Waals surface area (Å²) in [5.74, 6) is 2.08. The fourth-order valence-corrected chi connectivity index (χ4v) is 2.81. The highest BCUT2D eigenvalue weighted by molar-refractivity contribution is 5.94. The van der Waals surface area contributed by atoms with Crippen LogP contribution in [0.2, 0.25) is 0 Å². The summed E-state index contributed by atoms with van der Waals surface area (Å²) in [6, 6.07) is 8.58. The third-order valence-electron chi connectivity index (χ3n) is 3.95. The van der Waals surface area contributed by atoms with Crippen LogP contribution < -0.4 is 10.6 Å². The Morgan fingerprint density at radius 2 is 2.27 bits per heavy atom. The van der Waals surface area contributed by atoms with Crippen LogP contribution in [0.15, 0.2) is 35.0 Å². The van der Waals surface area contributed by atoms with Gasteiger partial charge >= 0.3 is 0 Å². The molecule has 1 aliphatic rings. The van der Waals surface area contributed by atoms with Crippen molar-refractivity contribution < 1.29 is 4.52 Å². The van der Waals surface area contributed by atoms with Crippen LogP contribution in [0.5, 0.6) is 0 Å². The Labute approximate surface area is 127 Å². The van der Waals surface area contributed by atoms with Gasteiger partial charge in [0.25, 0.3) is 0 Å². The van der Waals surface area contributed by atoms with Crippen molar-refractivity contribution in [2.45, 2.75) is 19.4 Å². The van der Waals surface area contributed by atoms with Gasteiger partial charge in [0.15, 0.2) is 0 Å². The highest BCUT2D eigenvalue weighted by Crippen LogP contribution is 2.27. The molecule has 0 bridgehead atoms. The van der Waals surface area contributed by atoms with Gasteiger partial charge in [0, 0.05) is 36.7 Å². The second-order valence-corrected chi connectivity index (χ2v) is 5.57. The van der Waals surface area contributed by atoms with Gasteiger partial charge in [-0.05, 0) is 30.5 Å². The van der Waals surface area contributed by atoms with E-state index in [9.17, 15) is 0 Å². The van der Waals surface area contributed by atoms with Crippen molar-refractivity contribution in [2.24, 2.45) is 0 Å². The summed E-state index contributed by atoms with van der Waals surface area (Å²) >= 11 is 0. The number of rotatable bonds is 3. The van der Waals surface area contributed by atoms with Crippen LogP contribution in [0.3, 0.4) is 0 Å². The Balaban J connectivity index is 1.76. The summed E-state index contributed by atoms with van der Waals surface area (Å²) < 4.78 is 5.07. The number of aromatic nitrogens is 3. The quantitative estimate of drug-likeness (QED) is 0.772. The average molecular weight is 295 g/mol. The van der Waals surface area contributed by atoms with Crippen molar-refractivity contribution in [1.29, 1.82) is 0 Å². The minimum atomic E-state index is 0.425. The van der Waals surface area contributed by atoms with E-state index in [1.807, 2.05) is 18.3 Å². The summed E-state index contributed by atoms with van der Waals surface area (Å²) in [6.45, 7) is 3.82. The summed E-state index contributed by atoms with van der Waals surface area (Å²) in [7, 11) is 0. The van der Waals surface area contributed by atoms with Gasteiger partial charge in [-0.2, -0.15) is 4.98 Å². The van der Waals surface area contributed by atoms with Crippen LogP contribution in [0.1, 0.15) is 12.3 Å². The van der Waals surface area contributed by atoms with E-state index in [1.54, 1.807) is 6.92 Å². The molecule has 0 unspecified atom stereocenters. The molecule has 3 heterocycles. The van der Waals surface area contributed by atoms with E-state index in [2.05, 4.69) is 37.9 Å². The summed E-state index contributed by atoms with van der Waals surface area (Å²) in [4.78, 5) is 8.80. The maximum Gasteiger partial charge on any atom is 0.223 e. The SMILES string of the molecule is Cc1nc(-c2ccc3ccnc(N[C@H]4CCNC4)c3c2)no1. The Kier molecular flexibility index (Phi) is 3.23. The lowest BCUT2D eigenvalue weighted by Gasteiger charge is -2.14. The van der Waals surface area contributed by atoms with Crippen molar-refractivity contribution in [3.8, 4) is 11.4 Å². The molecular formula is C16H17N5O. The maximum atomic E-state index is 5.07. The van der Waals surface area contributed by atoms with Crippen LogP contribution in [-0.4, -0.2) is 34.3 Å². The lowest BCUT2D eigenvalue weighted by atomic mass is 10.1. The molecule has 22 heavy (non-hydrogen) atoms. The predicted molar refractivity (Wildman–Crippen MR) is 84.7 cm³/mol. The first-order chi connectivity index (χ1) is 10.8. The second kappa shape index (κ2) is 5.38. The number of fused-ring (bicyclic) bond motifs is 1. The first-order valence-electron chi connectivity index (χ1n) is 7.46. The van der Waals surface area contributed by atoms with Crippen LogP contribution >= 0.6 is 0 Å². The van der Waals surface area contributed by atoms with Gasteiger partial charge in [-0.25, -0.2) is 4.98 Å².